The summed E-state index contributed by atoms with van der Waals surface area (Å²) in [7, 11) is 1.55. The molecule has 0 saturated carbocycles. The Morgan fingerprint density at radius 3 is 2.83 bits per heavy atom. The first-order valence-corrected chi connectivity index (χ1v) is 9.84. The average molecular weight is 426 g/mol. The molecule has 0 radical (unpaired) electrons. The van der Waals surface area contributed by atoms with E-state index in [1.165, 1.54) is 21.7 Å². The molecule has 9 heteroatoms. The van der Waals surface area contributed by atoms with E-state index in [-0.39, 0.29) is 16.8 Å². The molecule has 0 saturated heterocycles. The van der Waals surface area contributed by atoms with E-state index in [1.54, 1.807) is 43.5 Å². The standard InChI is InChI=1S/C20H12ClN3O4S/c1-27-12-4-2-3-10(7-12)16-15-17(25)13-8-11(21)5-6-14(13)28-18(15)19(26)24(16)20-23-22-9-29-20/h2-9,16H,1H3/t16-/m0/s1. The highest BCUT2D eigenvalue weighted by molar-refractivity contribution is 7.13. The molecule has 0 spiro atoms. The van der Waals surface area contributed by atoms with Gasteiger partial charge in [-0.25, -0.2) is 0 Å². The molecule has 1 aliphatic rings. The zero-order valence-corrected chi connectivity index (χ0v) is 16.5. The number of rotatable bonds is 3. The number of fused-ring (bicyclic) bond motifs is 2. The predicted molar refractivity (Wildman–Crippen MR) is 109 cm³/mol. The van der Waals surface area contributed by atoms with Crippen LogP contribution in [0.2, 0.25) is 5.02 Å². The molecule has 144 valence electrons. The van der Waals surface area contributed by atoms with E-state index in [2.05, 4.69) is 10.2 Å². The van der Waals surface area contributed by atoms with Gasteiger partial charge in [-0.15, -0.1) is 10.2 Å². The molecule has 0 fully saturated rings. The maximum absolute atomic E-state index is 13.4. The summed E-state index contributed by atoms with van der Waals surface area (Å²) in [6.45, 7) is 0. The summed E-state index contributed by atoms with van der Waals surface area (Å²) in [6.07, 6.45) is 0. The van der Waals surface area contributed by atoms with Gasteiger partial charge in [-0.05, 0) is 35.9 Å². The number of halogens is 1. The summed E-state index contributed by atoms with van der Waals surface area (Å²) in [5, 5.41) is 8.98. The first kappa shape index (κ1) is 17.8. The maximum Gasteiger partial charge on any atom is 0.297 e. The molecule has 0 aliphatic carbocycles. The van der Waals surface area contributed by atoms with E-state index in [0.29, 0.717) is 32.4 Å². The van der Waals surface area contributed by atoms with Crippen LogP contribution in [-0.2, 0) is 0 Å². The molecule has 3 heterocycles. The van der Waals surface area contributed by atoms with Gasteiger partial charge >= 0.3 is 0 Å². The van der Waals surface area contributed by atoms with Crippen LogP contribution in [0.5, 0.6) is 5.75 Å². The van der Waals surface area contributed by atoms with Crippen molar-refractivity contribution in [2.45, 2.75) is 6.04 Å². The number of hydrogen-bond donors (Lipinski definition) is 0. The first-order chi connectivity index (χ1) is 14.1. The number of carbonyl (C=O) groups excluding carboxylic acids is 1. The third-order valence-corrected chi connectivity index (χ3v) is 5.72. The Bertz CT molecular complexity index is 1320. The molecule has 4 aromatic rings. The number of anilines is 1. The molecule has 1 atom stereocenters. The predicted octanol–water partition coefficient (Wildman–Crippen LogP) is 4.06. The van der Waals surface area contributed by atoms with Crippen LogP contribution in [0.15, 0.2) is 57.2 Å². The van der Waals surface area contributed by atoms with Crippen molar-refractivity contribution in [3.8, 4) is 5.75 Å². The molecule has 0 N–H and O–H groups in total. The van der Waals surface area contributed by atoms with Gasteiger partial charge in [0.1, 0.15) is 16.8 Å². The molecular weight excluding hydrogens is 414 g/mol. The van der Waals surface area contributed by atoms with Crippen LogP contribution in [0.4, 0.5) is 5.13 Å². The fourth-order valence-corrected chi connectivity index (χ4v) is 4.30. The number of amides is 1. The molecule has 5 rings (SSSR count). The van der Waals surface area contributed by atoms with Gasteiger partial charge in [0.05, 0.1) is 24.1 Å². The second-order valence-corrected chi connectivity index (χ2v) is 7.64. The Labute approximate surface area is 173 Å². The van der Waals surface area contributed by atoms with Crippen molar-refractivity contribution in [1.82, 2.24) is 10.2 Å². The largest absolute Gasteiger partial charge is 0.497 e. The SMILES string of the molecule is COc1cccc([C@H]2c3c(oc4ccc(Cl)cc4c3=O)C(=O)N2c2nncs2)c1. The topological polar surface area (TPSA) is 85.5 Å². The van der Waals surface area contributed by atoms with Crippen LogP contribution < -0.4 is 15.1 Å². The summed E-state index contributed by atoms with van der Waals surface area (Å²) < 4.78 is 11.2. The van der Waals surface area contributed by atoms with Crippen LogP contribution >= 0.6 is 22.9 Å². The Hall–Kier alpha value is -3.23. The third-order valence-electron chi connectivity index (χ3n) is 4.80. The normalized spacial score (nSPS) is 15.7. The van der Waals surface area contributed by atoms with Crippen LogP contribution in [0.3, 0.4) is 0 Å². The van der Waals surface area contributed by atoms with E-state index in [9.17, 15) is 9.59 Å². The molecule has 0 unspecified atom stereocenters. The van der Waals surface area contributed by atoms with E-state index < -0.39 is 11.9 Å². The van der Waals surface area contributed by atoms with Gasteiger partial charge in [0.25, 0.3) is 5.91 Å². The molecule has 7 nitrogen and oxygen atoms in total. The lowest BCUT2D eigenvalue weighted by molar-refractivity contribution is 0.0970. The lowest BCUT2D eigenvalue weighted by Crippen LogP contribution is -2.29. The molecule has 0 bridgehead atoms. The van der Waals surface area contributed by atoms with Crippen molar-refractivity contribution in [3.05, 3.63) is 80.1 Å². The zero-order chi connectivity index (χ0) is 20.1. The fraction of sp³-hybridized carbons (Fsp3) is 0.100. The smallest absolute Gasteiger partial charge is 0.297 e. The summed E-state index contributed by atoms with van der Waals surface area (Å²) in [4.78, 5) is 28.1. The van der Waals surface area contributed by atoms with Gasteiger partial charge in [0.2, 0.25) is 10.9 Å². The first-order valence-electron chi connectivity index (χ1n) is 8.58. The number of carbonyl (C=O) groups is 1. The summed E-state index contributed by atoms with van der Waals surface area (Å²) in [5.41, 5.74) is 2.46. The van der Waals surface area contributed by atoms with E-state index >= 15 is 0 Å². The average Bonchev–Trinajstić information content (AvgIpc) is 3.35. The number of methoxy groups -OCH3 is 1. The number of benzene rings is 2. The van der Waals surface area contributed by atoms with Gasteiger partial charge in [0, 0.05) is 5.02 Å². The lowest BCUT2D eigenvalue weighted by Gasteiger charge is -2.22. The monoisotopic (exact) mass is 425 g/mol. The Morgan fingerprint density at radius 2 is 2.07 bits per heavy atom. The zero-order valence-electron chi connectivity index (χ0n) is 15.0. The van der Waals surface area contributed by atoms with E-state index in [4.69, 9.17) is 20.8 Å². The molecule has 1 amide bonds. The summed E-state index contributed by atoms with van der Waals surface area (Å²) in [5.74, 6) is 0.153. The van der Waals surface area contributed by atoms with Gasteiger partial charge < -0.3 is 9.15 Å². The minimum atomic E-state index is -0.722. The maximum atomic E-state index is 13.4. The van der Waals surface area contributed by atoms with Gasteiger partial charge in [-0.1, -0.05) is 35.1 Å². The van der Waals surface area contributed by atoms with E-state index in [0.717, 1.165) is 0 Å². The van der Waals surface area contributed by atoms with Crippen molar-refractivity contribution < 1.29 is 13.9 Å². The summed E-state index contributed by atoms with van der Waals surface area (Å²) >= 11 is 7.28. The second kappa shape index (κ2) is 6.68. The van der Waals surface area contributed by atoms with Crippen LogP contribution in [-0.4, -0.2) is 23.2 Å². The van der Waals surface area contributed by atoms with Crippen molar-refractivity contribution >= 4 is 44.9 Å². The van der Waals surface area contributed by atoms with E-state index in [1.807, 2.05) is 6.07 Å². The fourth-order valence-electron chi connectivity index (χ4n) is 3.54. The Balaban J connectivity index is 1.83. The minimum Gasteiger partial charge on any atom is -0.497 e. The number of nitrogens with zero attached hydrogens (tertiary/aromatic N) is 3. The molecule has 2 aromatic heterocycles. The van der Waals surface area contributed by atoms with Crippen LogP contribution in [0.1, 0.15) is 27.7 Å². The third kappa shape index (κ3) is 2.72. The molecule has 2 aromatic carbocycles. The Morgan fingerprint density at radius 1 is 1.21 bits per heavy atom. The van der Waals surface area contributed by atoms with Crippen molar-refractivity contribution in [2.24, 2.45) is 0 Å². The van der Waals surface area contributed by atoms with Gasteiger partial charge in [-0.2, -0.15) is 0 Å². The second-order valence-electron chi connectivity index (χ2n) is 6.39. The summed E-state index contributed by atoms with van der Waals surface area (Å²) in [6, 6.07) is 11.2. The quantitative estimate of drug-likeness (QED) is 0.492. The minimum absolute atomic E-state index is 0.00663. The molecular formula is C20H12ClN3O4S. The van der Waals surface area contributed by atoms with Gasteiger partial charge in [-0.3, -0.25) is 14.5 Å². The van der Waals surface area contributed by atoms with Crippen molar-refractivity contribution in [2.75, 3.05) is 12.0 Å². The Kier molecular flexibility index (Phi) is 4.11. The number of aromatic nitrogens is 2. The van der Waals surface area contributed by atoms with Crippen molar-refractivity contribution in [1.29, 1.82) is 0 Å². The highest BCUT2D eigenvalue weighted by atomic mass is 35.5. The lowest BCUT2D eigenvalue weighted by atomic mass is 9.98. The number of hydrogen-bond acceptors (Lipinski definition) is 7. The van der Waals surface area contributed by atoms with Crippen LogP contribution in [0.25, 0.3) is 11.0 Å². The van der Waals surface area contributed by atoms with Crippen LogP contribution in [0, 0.1) is 0 Å². The highest BCUT2D eigenvalue weighted by Gasteiger charge is 2.45. The molecule has 1 aliphatic heterocycles. The highest BCUT2D eigenvalue weighted by Crippen LogP contribution is 2.42. The molecule has 29 heavy (non-hydrogen) atoms. The number of ether oxygens (including phenoxy) is 1. The van der Waals surface area contributed by atoms with Crippen molar-refractivity contribution in [3.63, 3.8) is 0 Å². The van der Waals surface area contributed by atoms with Gasteiger partial charge in [0.15, 0.2) is 5.43 Å².